The largest absolute Gasteiger partial charge is 0.353 e. The number of carbonyl (C=O) groups is 2. The maximum absolute atomic E-state index is 12.2. The van der Waals surface area contributed by atoms with E-state index >= 15 is 0 Å². The molecule has 148 valence electrons. The monoisotopic (exact) mass is 399 g/mol. The van der Waals surface area contributed by atoms with E-state index in [1.807, 2.05) is 22.8 Å². The quantitative estimate of drug-likeness (QED) is 0.500. The molecule has 1 aromatic carbocycles. The molecule has 0 spiro atoms. The van der Waals surface area contributed by atoms with E-state index in [-0.39, 0.29) is 18.4 Å². The summed E-state index contributed by atoms with van der Waals surface area (Å²) in [5.74, 6) is 0.771. The maximum atomic E-state index is 12.2. The van der Waals surface area contributed by atoms with Crippen LogP contribution in [0, 0.1) is 0 Å². The van der Waals surface area contributed by atoms with Gasteiger partial charge in [-0.3, -0.25) is 9.59 Å². The Kier molecular flexibility index (Phi) is 7.25. The summed E-state index contributed by atoms with van der Waals surface area (Å²) in [4.78, 5) is 24.4. The van der Waals surface area contributed by atoms with Crippen LogP contribution in [0.1, 0.15) is 41.9 Å². The average molecular weight is 400 g/mol. The Hall–Kier alpha value is -2.61. The van der Waals surface area contributed by atoms with Gasteiger partial charge in [0, 0.05) is 18.2 Å². The molecule has 1 aliphatic rings. The highest BCUT2D eigenvalue weighted by Crippen LogP contribution is 2.20. The molecule has 1 heterocycles. The lowest BCUT2D eigenvalue weighted by atomic mass is 10.2. The number of allylic oxidation sites excluding steroid dienone is 1. The fraction of sp³-hybridized carbons (Fsp3) is 0.400. The highest BCUT2D eigenvalue weighted by molar-refractivity contribution is 7.99. The van der Waals surface area contributed by atoms with Crippen molar-refractivity contribution < 1.29 is 9.59 Å². The zero-order chi connectivity index (χ0) is 19.8. The topological polar surface area (TPSA) is 88.9 Å². The van der Waals surface area contributed by atoms with Crippen LogP contribution in [0.4, 0.5) is 0 Å². The Morgan fingerprint density at radius 1 is 1.21 bits per heavy atom. The van der Waals surface area contributed by atoms with Crippen molar-refractivity contribution >= 4 is 23.6 Å². The molecule has 2 N–H and O–H groups in total. The van der Waals surface area contributed by atoms with E-state index in [2.05, 4.69) is 27.4 Å². The molecule has 0 aliphatic heterocycles. The molecule has 1 fully saturated rings. The summed E-state index contributed by atoms with van der Waals surface area (Å²) in [6.07, 6.45) is 6.24. The fourth-order valence-corrected chi connectivity index (χ4v) is 3.97. The van der Waals surface area contributed by atoms with Gasteiger partial charge in [-0.15, -0.1) is 16.8 Å². The normalized spacial score (nSPS) is 14.0. The lowest BCUT2D eigenvalue weighted by molar-refractivity contribution is -0.119. The van der Waals surface area contributed by atoms with Crippen LogP contribution in [-0.4, -0.2) is 38.4 Å². The van der Waals surface area contributed by atoms with E-state index in [1.54, 1.807) is 18.2 Å². The van der Waals surface area contributed by atoms with Crippen molar-refractivity contribution in [1.82, 2.24) is 25.4 Å². The Balaban J connectivity index is 1.56. The van der Waals surface area contributed by atoms with Crippen LogP contribution in [0.3, 0.4) is 0 Å². The molecule has 1 saturated carbocycles. The van der Waals surface area contributed by atoms with Crippen molar-refractivity contribution in [3.8, 4) is 0 Å². The van der Waals surface area contributed by atoms with Gasteiger partial charge in [-0.05, 0) is 25.0 Å². The number of amides is 2. The van der Waals surface area contributed by atoms with Crippen LogP contribution in [0.25, 0.3) is 0 Å². The van der Waals surface area contributed by atoms with Gasteiger partial charge >= 0.3 is 0 Å². The summed E-state index contributed by atoms with van der Waals surface area (Å²) in [5, 5.41) is 14.9. The smallest absolute Gasteiger partial charge is 0.251 e. The zero-order valence-corrected chi connectivity index (χ0v) is 16.6. The second-order valence-corrected chi connectivity index (χ2v) is 7.63. The number of benzene rings is 1. The third kappa shape index (κ3) is 5.45. The predicted octanol–water partition coefficient (Wildman–Crippen LogP) is 2.55. The molecular formula is C20H25N5O2S. The molecule has 8 heteroatoms. The van der Waals surface area contributed by atoms with Gasteiger partial charge in [0.2, 0.25) is 5.91 Å². The minimum Gasteiger partial charge on any atom is -0.353 e. The van der Waals surface area contributed by atoms with Gasteiger partial charge in [0.25, 0.3) is 5.91 Å². The van der Waals surface area contributed by atoms with Crippen LogP contribution in [-0.2, 0) is 17.9 Å². The first kappa shape index (κ1) is 20.1. The Morgan fingerprint density at radius 2 is 1.96 bits per heavy atom. The third-order valence-corrected chi connectivity index (χ3v) is 5.57. The molecule has 1 aromatic heterocycles. The molecule has 7 nitrogen and oxygen atoms in total. The number of aromatic nitrogens is 3. The molecule has 2 amide bonds. The number of carbonyl (C=O) groups excluding carboxylic acids is 2. The number of thioether (sulfide) groups is 1. The van der Waals surface area contributed by atoms with E-state index < -0.39 is 0 Å². The fourth-order valence-electron chi connectivity index (χ4n) is 3.19. The minimum atomic E-state index is -0.168. The second kappa shape index (κ2) is 10.1. The van der Waals surface area contributed by atoms with Crippen LogP contribution in [0.15, 0.2) is 48.1 Å². The first-order chi connectivity index (χ1) is 13.7. The Labute approximate surface area is 169 Å². The lowest BCUT2D eigenvalue weighted by Crippen LogP contribution is -2.33. The first-order valence-electron chi connectivity index (χ1n) is 9.45. The molecule has 0 atom stereocenters. The van der Waals surface area contributed by atoms with E-state index in [4.69, 9.17) is 0 Å². The Bertz CT molecular complexity index is 815. The van der Waals surface area contributed by atoms with Crippen molar-refractivity contribution in [1.29, 1.82) is 0 Å². The van der Waals surface area contributed by atoms with Gasteiger partial charge in [-0.25, -0.2) is 0 Å². The van der Waals surface area contributed by atoms with Crippen LogP contribution in [0.2, 0.25) is 0 Å². The van der Waals surface area contributed by atoms with E-state index in [0.29, 0.717) is 34.9 Å². The molecule has 2 aromatic rings. The third-order valence-electron chi connectivity index (χ3n) is 4.60. The molecule has 0 radical (unpaired) electrons. The van der Waals surface area contributed by atoms with Gasteiger partial charge in [-0.2, -0.15) is 0 Å². The van der Waals surface area contributed by atoms with Crippen molar-refractivity contribution in [3.05, 3.63) is 54.4 Å². The lowest BCUT2D eigenvalue weighted by Gasteiger charge is -2.12. The summed E-state index contributed by atoms with van der Waals surface area (Å²) < 4.78 is 1.87. The number of rotatable bonds is 9. The highest BCUT2D eigenvalue weighted by Gasteiger charge is 2.19. The van der Waals surface area contributed by atoms with Gasteiger partial charge in [0.05, 0.1) is 12.3 Å². The molecule has 0 bridgehead atoms. The highest BCUT2D eigenvalue weighted by atomic mass is 32.2. The van der Waals surface area contributed by atoms with Gasteiger partial charge < -0.3 is 15.2 Å². The Morgan fingerprint density at radius 3 is 2.68 bits per heavy atom. The van der Waals surface area contributed by atoms with Crippen LogP contribution in [0.5, 0.6) is 0 Å². The predicted molar refractivity (Wildman–Crippen MR) is 109 cm³/mol. The van der Waals surface area contributed by atoms with E-state index in [1.165, 1.54) is 24.6 Å². The van der Waals surface area contributed by atoms with Gasteiger partial charge in [0.1, 0.15) is 0 Å². The van der Waals surface area contributed by atoms with Crippen molar-refractivity contribution in [2.75, 3.05) is 5.75 Å². The van der Waals surface area contributed by atoms with E-state index in [9.17, 15) is 9.59 Å². The summed E-state index contributed by atoms with van der Waals surface area (Å²) in [6, 6.07) is 9.33. The SMILES string of the molecule is C=CCn1c(CNC(=O)c2ccccc2)nnc1SCC(=O)NC1CCCC1. The molecule has 3 rings (SSSR count). The number of hydrogen-bond acceptors (Lipinski definition) is 5. The van der Waals surface area contributed by atoms with Crippen LogP contribution < -0.4 is 10.6 Å². The summed E-state index contributed by atoms with van der Waals surface area (Å²) in [5.41, 5.74) is 0.593. The number of nitrogens with zero attached hydrogens (tertiary/aromatic N) is 3. The first-order valence-corrected chi connectivity index (χ1v) is 10.4. The van der Waals surface area contributed by atoms with Gasteiger partial charge in [-0.1, -0.05) is 48.9 Å². The number of hydrogen-bond donors (Lipinski definition) is 2. The minimum absolute atomic E-state index is 0.0176. The standard InChI is InChI=1S/C20H25N5O2S/c1-2-12-25-17(13-21-19(27)15-8-4-3-5-9-15)23-24-20(25)28-14-18(26)22-16-10-6-7-11-16/h2-5,8-9,16H,1,6-7,10-14H2,(H,21,27)(H,22,26). The summed E-state index contributed by atoms with van der Waals surface area (Å²) >= 11 is 1.35. The van der Waals surface area contributed by atoms with Gasteiger partial charge in [0.15, 0.2) is 11.0 Å². The summed E-state index contributed by atoms with van der Waals surface area (Å²) in [7, 11) is 0. The number of nitrogens with one attached hydrogen (secondary N) is 2. The van der Waals surface area contributed by atoms with Crippen molar-refractivity contribution in [2.45, 2.75) is 50.0 Å². The van der Waals surface area contributed by atoms with Crippen molar-refractivity contribution in [3.63, 3.8) is 0 Å². The maximum Gasteiger partial charge on any atom is 0.251 e. The molecule has 0 saturated heterocycles. The molecule has 1 aliphatic carbocycles. The van der Waals surface area contributed by atoms with Crippen molar-refractivity contribution in [2.24, 2.45) is 0 Å². The molecular weight excluding hydrogens is 374 g/mol. The average Bonchev–Trinajstić information content (AvgIpc) is 3.35. The zero-order valence-electron chi connectivity index (χ0n) is 15.8. The molecule has 28 heavy (non-hydrogen) atoms. The van der Waals surface area contributed by atoms with E-state index in [0.717, 1.165) is 12.8 Å². The van der Waals surface area contributed by atoms with Crippen LogP contribution >= 0.6 is 11.8 Å². The second-order valence-electron chi connectivity index (χ2n) is 6.68. The summed E-state index contributed by atoms with van der Waals surface area (Å²) in [6.45, 7) is 4.54. The molecule has 0 unspecified atom stereocenters.